The van der Waals surface area contributed by atoms with E-state index in [2.05, 4.69) is 15.8 Å². The predicted molar refractivity (Wildman–Crippen MR) is 121 cm³/mol. The number of hydrogen-bond donors (Lipinski definition) is 1. The van der Waals surface area contributed by atoms with Crippen LogP contribution in [0.1, 0.15) is 0 Å². The standard InChI is InChI=1S/C23H20N3O3P/c1-27-18-11-13(12-19(28-2)21(18)29-3)14-8-6-10-17-20(14)25-23(24-17)22-15-7-4-5-9-16(15)26-30-22/h4-12,30H,1-3H3,(H,24,25). The molecule has 1 unspecified atom stereocenters. The van der Waals surface area contributed by atoms with Gasteiger partial charge in [0.2, 0.25) is 5.75 Å². The molecule has 6 nitrogen and oxygen atoms in total. The summed E-state index contributed by atoms with van der Waals surface area (Å²) in [5.41, 5.74) is 4.82. The highest BCUT2D eigenvalue weighted by Gasteiger charge is 2.18. The fourth-order valence-electron chi connectivity index (χ4n) is 3.76. The molecule has 3 aromatic carbocycles. The van der Waals surface area contributed by atoms with Crippen LogP contribution in [0.4, 0.5) is 0 Å². The number of benzene rings is 3. The normalized spacial score (nSPS) is 11.4. The van der Waals surface area contributed by atoms with Gasteiger partial charge in [-0.2, -0.15) is 0 Å². The number of hydrogen-bond acceptors (Lipinski definition) is 5. The van der Waals surface area contributed by atoms with Gasteiger partial charge in [-0.25, -0.2) is 9.73 Å². The molecule has 0 radical (unpaired) electrons. The Hall–Kier alpha value is -3.50. The molecule has 2 aromatic heterocycles. The average molecular weight is 417 g/mol. The van der Waals surface area contributed by atoms with E-state index in [4.69, 9.17) is 19.2 Å². The maximum absolute atomic E-state index is 5.53. The van der Waals surface area contributed by atoms with Gasteiger partial charge in [0.1, 0.15) is 5.82 Å². The quantitative estimate of drug-likeness (QED) is 0.409. The zero-order chi connectivity index (χ0) is 20.7. The second-order valence-electron chi connectivity index (χ2n) is 6.82. The molecule has 0 aliphatic carbocycles. The Labute approximate surface area is 175 Å². The van der Waals surface area contributed by atoms with E-state index >= 15 is 0 Å². The molecule has 5 rings (SSSR count). The van der Waals surface area contributed by atoms with Crippen LogP contribution < -0.4 is 14.2 Å². The summed E-state index contributed by atoms with van der Waals surface area (Å²) in [5.74, 6) is 2.65. The van der Waals surface area contributed by atoms with Crippen LogP contribution in [0, 0.1) is 0 Å². The monoisotopic (exact) mass is 417 g/mol. The number of aromatic nitrogens is 3. The number of nitrogens with zero attached hydrogens (tertiary/aromatic N) is 2. The van der Waals surface area contributed by atoms with E-state index in [1.165, 1.54) is 0 Å². The molecule has 0 saturated carbocycles. The maximum atomic E-state index is 5.53. The van der Waals surface area contributed by atoms with Gasteiger partial charge in [0.15, 0.2) is 11.5 Å². The number of H-pyrrole nitrogens is 1. The third-order valence-electron chi connectivity index (χ3n) is 5.19. The van der Waals surface area contributed by atoms with Crippen LogP contribution in [-0.2, 0) is 0 Å². The first-order valence-electron chi connectivity index (χ1n) is 9.46. The van der Waals surface area contributed by atoms with Crippen LogP contribution in [0.5, 0.6) is 17.2 Å². The lowest BCUT2D eigenvalue weighted by Crippen LogP contribution is -1.96. The second kappa shape index (κ2) is 7.39. The number of methoxy groups -OCH3 is 3. The van der Waals surface area contributed by atoms with Gasteiger partial charge in [0, 0.05) is 10.9 Å². The topological polar surface area (TPSA) is 69.3 Å². The van der Waals surface area contributed by atoms with Gasteiger partial charge in [0.05, 0.1) is 43.2 Å². The summed E-state index contributed by atoms with van der Waals surface area (Å²) in [6.45, 7) is 0. The molecular weight excluding hydrogens is 397 g/mol. The molecule has 1 atom stereocenters. The van der Waals surface area contributed by atoms with Crippen LogP contribution in [0.2, 0.25) is 0 Å². The van der Waals surface area contributed by atoms with Crippen molar-refractivity contribution >= 4 is 30.3 Å². The molecule has 0 saturated heterocycles. The number of imidazole rings is 1. The van der Waals surface area contributed by atoms with E-state index in [9.17, 15) is 0 Å². The molecule has 0 aliphatic heterocycles. The SMILES string of the molecule is COc1cc(-c2cccc3[nH]c(-c4[pH]nc5ccccc45)nc23)cc(OC)c1OC. The number of para-hydroxylation sites is 2. The smallest absolute Gasteiger partial charge is 0.203 e. The lowest BCUT2D eigenvalue weighted by Gasteiger charge is -2.14. The minimum Gasteiger partial charge on any atom is -0.493 e. The molecule has 0 amide bonds. The molecule has 2 heterocycles. The summed E-state index contributed by atoms with van der Waals surface area (Å²) < 4.78 is 21.2. The number of aromatic amines is 1. The maximum Gasteiger partial charge on any atom is 0.203 e. The Morgan fingerprint density at radius 3 is 2.37 bits per heavy atom. The van der Waals surface area contributed by atoms with Crippen molar-refractivity contribution in [2.45, 2.75) is 0 Å². The third-order valence-corrected chi connectivity index (χ3v) is 6.27. The van der Waals surface area contributed by atoms with Crippen LogP contribution >= 0.6 is 8.35 Å². The van der Waals surface area contributed by atoms with Gasteiger partial charge in [0.25, 0.3) is 0 Å². The first-order valence-corrected chi connectivity index (χ1v) is 10.4. The van der Waals surface area contributed by atoms with Crippen molar-refractivity contribution in [3.8, 4) is 39.5 Å². The van der Waals surface area contributed by atoms with Crippen LogP contribution in [0.25, 0.3) is 44.2 Å². The van der Waals surface area contributed by atoms with Crippen LogP contribution in [-0.4, -0.2) is 36.0 Å². The van der Waals surface area contributed by atoms with E-state index < -0.39 is 0 Å². The zero-order valence-corrected chi connectivity index (χ0v) is 17.8. The van der Waals surface area contributed by atoms with Crippen molar-refractivity contribution in [1.29, 1.82) is 0 Å². The first-order chi connectivity index (χ1) is 14.7. The molecule has 7 heteroatoms. The Morgan fingerprint density at radius 1 is 0.867 bits per heavy atom. The van der Waals surface area contributed by atoms with Crippen molar-refractivity contribution in [3.63, 3.8) is 0 Å². The molecule has 0 fully saturated rings. The van der Waals surface area contributed by atoms with Crippen molar-refractivity contribution in [1.82, 2.24) is 14.7 Å². The van der Waals surface area contributed by atoms with E-state index in [0.717, 1.165) is 44.2 Å². The fraction of sp³-hybridized carbons (Fsp3) is 0.130. The van der Waals surface area contributed by atoms with Crippen molar-refractivity contribution in [2.75, 3.05) is 21.3 Å². The van der Waals surface area contributed by atoms with E-state index in [1.807, 2.05) is 48.5 Å². The summed E-state index contributed by atoms with van der Waals surface area (Å²) in [6.07, 6.45) is 0. The summed E-state index contributed by atoms with van der Waals surface area (Å²) in [6, 6.07) is 18.2. The first kappa shape index (κ1) is 18.5. The van der Waals surface area contributed by atoms with Crippen LogP contribution in [0.3, 0.4) is 0 Å². The summed E-state index contributed by atoms with van der Waals surface area (Å²) >= 11 is 0. The van der Waals surface area contributed by atoms with E-state index in [0.29, 0.717) is 25.6 Å². The summed E-state index contributed by atoms with van der Waals surface area (Å²) in [7, 11) is 5.18. The number of fused-ring (bicyclic) bond motifs is 2. The minimum atomic E-state index is 0.348. The third kappa shape index (κ3) is 2.88. The molecule has 0 aliphatic rings. The largest absolute Gasteiger partial charge is 0.493 e. The molecule has 1 N–H and O–H groups in total. The van der Waals surface area contributed by atoms with Crippen LogP contribution in [0.15, 0.2) is 54.6 Å². The fourth-order valence-corrected chi connectivity index (χ4v) is 4.74. The van der Waals surface area contributed by atoms with Gasteiger partial charge in [-0.3, -0.25) is 0 Å². The Kier molecular flexibility index (Phi) is 4.57. The number of nitrogens with one attached hydrogen (secondary N) is 1. The van der Waals surface area contributed by atoms with Crippen molar-refractivity contribution in [2.24, 2.45) is 0 Å². The highest BCUT2D eigenvalue weighted by atomic mass is 31.0. The lowest BCUT2D eigenvalue weighted by molar-refractivity contribution is 0.324. The molecule has 0 spiro atoms. The van der Waals surface area contributed by atoms with E-state index in [-0.39, 0.29) is 0 Å². The number of ether oxygens (including phenoxy) is 3. The molecule has 30 heavy (non-hydrogen) atoms. The highest BCUT2D eigenvalue weighted by molar-refractivity contribution is 7.30. The van der Waals surface area contributed by atoms with E-state index in [1.54, 1.807) is 21.3 Å². The average Bonchev–Trinajstić information content (AvgIpc) is 3.41. The number of rotatable bonds is 5. The summed E-state index contributed by atoms with van der Waals surface area (Å²) in [4.78, 5) is 8.44. The van der Waals surface area contributed by atoms with Gasteiger partial charge in [-0.15, -0.1) is 0 Å². The molecule has 150 valence electrons. The summed E-state index contributed by atoms with van der Waals surface area (Å²) in [5, 5.41) is 2.28. The Morgan fingerprint density at radius 2 is 1.63 bits per heavy atom. The Balaban J connectivity index is 1.70. The van der Waals surface area contributed by atoms with Gasteiger partial charge in [-0.1, -0.05) is 30.3 Å². The lowest BCUT2D eigenvalue weighted by atomic mass is 10.0. The zero-order valence-electron chi connectivity index (χ0n) is 16.8. The van der Waals surface area contributed by atoms with Gasteiger partial charge in [-0.05, 0) is 38.2 Å². The molecule has 0 bridgehead atoms. The second-order valence-corrected chi connectivity index (χ2v) is 7.76. The van der Waals surface area contributed by atoms with Gasteiger partial charge < -0.3 is 19.2 Å². The molecule has 5 aromatic rings. The Bertz CT molecular complexity index is 1350. The highest BCUT2D eigenvalue weighted by Crippen LogP contribution is 2.43. The molecular formula is C23H20N3O3P. The van der Waals surface area contributed by atoms with Crippen molar-refractivity contribution < 1.29 is 14.2 Å². The van der Waals surface area contributed by atoms with Gasteiger partial charge >= 0.3 is 0 Å². The van der Waals surface area contributed by atoms with Crippen molar-refractivity contribution in [3.05, 3.63) is 54.6 Å². The minimum absolute atomic E-state index is 0.348. The predicted octanol–water partition coefficient (Wildman–Crippen LogP) is 5.50.